The Labute approximate surface area is 102 Å². The average Bonchev–Trinajstić information content (AvgIpc) is 3.07. The maximum Gasteiger partial charge on any atom is 0.138 e. The van der Waals surface area contributed by atoms with Gasteiger partial charge >= 0.3 is 0 Å². The fraction of sp³-hybridized carbons (Fsp3) is 0.417. The van der Waals surface area contributed by atoms with Gasteiger partial charge in [0, 0.05) is 11.7 Å². The van der Waals surface area contributed by atoms with Crippen LogP contribution in [0.2, 0.25) is 0 Å². The van der Waals surface area contributed by atoms with Crippen molar-refractivity contribution in [2.75, 3.05) is 13.7 Å². The minimum absolute atomic E-state index is 0. The first kappa shape index (κ1) is 13.0. The molecule has 3 nitrogen and oxygen atoms in total. The van der Waals surface area contributed by atoms with Gasteiger partial charge in [0.25, 0.3) is 0 Å². The second-order valence-corrected chi connectivity index (χ2v) is 3.81. The number of nitrogens with one attached hydrogen (secondary N) is 1. The summed E-state index contributed by atoms with van der Waals surface area (Å²) in [5.41, 5.74) is 0.262. The molecule has 0 radical (unpaired) electrons. The minimum Gasteiger partial charge on any atom is -0.488 e. The highest BCUT2D eigenvalue weighted by molar-refractivity contribution is 5.85. The molecule has 1 aliphatic rings. The van der Waals surface area contributed by atoms with Crippen molar-refractivity contribution in [3.05, 3.63) is 36.7 Å². The van der Waals surface area contributed by atoms with Gasteiger partial charge in [-0.05, 0) is 38.1 Å². The lowest BCUT2D eigenvalue weighted by Gasteiger charge is -2.07. The van der Waals surface area contributed by atoms with Crippen LogP contribution in [0.3, 0.4) is 0 Å². The lowest BCUT2D eigenvalue weighted by Crippen LogP contribution is -2.24. The van der Waals surface area contributed by atoms with Gasteiger partial charge in [-0.2, -0.15) is 0 Å². The molecule has 0 saturated heterocycles. The first-order valence-electron chi connectivity index (χ1n) is 5.24. The fourth-order valence-corrected chi connectivity index (χ4v) is 1.49. The van der Waals surface area contributed by atoms with Gasteiger partial charge in [0.1, 0.15) is 12.4 Å². The number of rotatable bonds is 5. The average molecular weight is 241 g/mol. The van der Waals surface area contributed by atoms with Gasteiger partial charge in [-0.15, -0.1) is 12.4 Å². The van der Waals surface area contributed by atoms with Crippen LogP contribution in [-0.2, 0) is 0 Å². The monoisotopic (exact) mass is 240 g/mol. The summed E-state index contributed by atoms with van der Waals surface area (Å²) in [6, 6.07) is 3.78. The molecular formula is C12H17ClN2O. The Morgan fingerprint density at radius 1 is 1.56 bits per heavy atom. The first-order valence-corrected chi connectivity index (χ1v) is 5.24. The summed E-state index contributed by atoms with van der Waals surface area (Å²) in [4.78, 5) is 3.98. The largest absolute Gasteiger partial charge is 0.488 e. The predicted molar refractivity (Wildman–Crippen MR) is 67.1 cm³/mol. The highest BCUT2D eigenvalue weighted by atomic mass is 35.5. The van der Waals surface area contributed by atoms with Crippen LogP contribution in [0.15, 0.2) is 36.7 Å². The lowest BCUT2D eigenvalue weighted by molar-refractivity contribution is 0.360. The number of pyridine rings is 1. The van der Waals surface area contributed by atoms with Crippen molar-refractivity contribution in [1.82, 2.24) is 10.3 Å². The molecule has 88 valence electrons. The summed E-state index contributed by atoms with van der Waals surface area (Å²) < 4.78 is 5.50. The van der Waals surface area contributed by atoms with Crippen molar-refractivity contribution < 1.29 is 4.74 Å². The number of likely N-dealkylation sites (N-methyl/N-ethyl adjacent to an activating group) is 1. The molecule has 1 heterocycles. The Balaban J connectivity index is 0.00000128. The fourth-order valence-electron chi connectivity index (χ4n) is 1.49. The van der Waals surface area contributed by atoms with Crippen molar-refractivity contribution in [1.29, 1.82) is 0 Å². The molecule has 1 aromatic rings. The van der Waals surface area contributed by atoms with Gasteiger partial charge < -0.3 is 10.1 Å². The Hall–Kier alpha value is -1.06. The summed E-state index contributed by atoms with van der Waals surface area (Å²) >= 11 is 0. The normalized spacial score (nSPS) is 16.8. The van der Waals surface area contributed by atoms with Crippen LogP contribution in [0.1, 0.15) is 12.8 Å². The van der Waals surface area contributed by atoms with Gasteiger partial charge in [-0.1, -0.05) is 6.08 Å². The summed E-state index contributed by atoms with van der Waals surface area (Å²) in [7, 11) is 2.00. The SMILES string of the molecule is CNC1(/C=C\COc2cccnc2)CC1.Cl. The van der Waals surface area contributed by atoms with Crippen LogP contribution >= 0.6 is 12.4 Å². The number of nitrogens with zero attached hydrogens (tertiary/aromatic N) is 1. The molecule has 4 heteroatoms. The van der Waals surface area contributed by atoms with E-state index in [1.54, 1.807) is 12.4 Å². The molecule has 16 heavy (non-hydrogen) atoms. The van der Waals surface area contributed by atoms with Crippen molar-refractivity contribution in [3.63, 3.8) is 0 Å². The molecule has 1 aromatic heterocycles. The minimum atomic E-state index is 0. The lowest BCUT2D eigenvalue weighted by atomic mass is 10.2. The maximum atomic E-state index is 5.50. The summed E-state index contributed by atoms with van der Waals surface area (Å²) in [6.45, 7) is 0.606. The third-order valence-corrected chi connectivity index (χ3v) is 2.70. The van der Waals surface area contributed by atoms with Gasteiger partial charge in [-0.25, -0.2) is 0 Å². The number of hydrogen-bond donors (Lipinski definition) is 1. The molecule has 1 N–H and O–H groups in total. The van der Waals surface area contributed by atoms with Gasteiger partial charge in [0.2, 0.25) is 0 Å². The molecule has 0 atom stereocenters. The first-order chi connectivity index (χ1) is 7.35. The van der Waals surface area contributed by atoms with Crippen molar-refractivity contribution >= 4 is 12.4 Å². The second-order valence-electron chi connectivity index (χ2n) is 3.81. The van der Waals surface area contributed by atoms with Crippen molar-refractivity contribution in [3.8, 4) is 5.75 Å². The van der Waals surface area contributed by atoms with E-state index in [-0.39, 0.29) is 17.9 Å². The van der Waals surface area contributed by atoms with Crippen molar-refractivity contribution in [2.24, 2.45) is 0 Å². The molecule has 2 rings (SSSR count). The molecule has 0 unspecified atom stereocenters. The topological polar surface area (TPSA) is 34.1 Å². The zero-order valence-electron chi connectivity index (χ0n) is 9.35. The predicted octanol–water partition coefficient (Wildman–Crippen LogP) is 2.19. The van der Waals surface area contributed by atoms with E-state index in [0.717, 1.165) is 5.75 Å². The summed E-state index contributed by atoms with van der Waals surface area (Å²) in [6.07, 6.45) is 10.2. The van der Waals surface area contributed by atoms with Crippen LogP contribution in [0.25, 0.3) is 0 Å². The van der Waals surface area contributed by atoms with E-state index in [4.69, 9.17) is 4.74 Å². The Kier molecular flexibility index (Phi) is 4.77. The Morgan fingerprint density at radius 3 is 2.94 bits per heavy atom. The zero-order valence-corrected chi connectivity index (χ0v) is 10.2. The van der Waals surface area contributed by atoms with Crippen LogP contribution in [0.5, 0.6) is 5.75 Å². The van der Waals surface area contributed by atoms with Crippen LogP contribution in [0.4, 0.5) is 0 Å². The Morgan fingerprint density at radius 2 is 2.38 bits per heavy atom. The number of aromatic nitrogens is 1. The quantitative estimate of drug-likeness (QED) is 0.802. The Bertz CT molecular complexity index is 336. The van der Waals surface area contributed by atoms with E-state index in [1.807, 2.05) is 19.2 Å². The van der Waals surface area contributed by atoms with Crippen LogP contribution in [0, 0.1) is 0 Å². The smallest absolute Gasteiger partial charge is 0.138 e. The molecule has 1 fully saturated rings. The van der Waals surface area contributed by atoms with E-state index in [9.17, 15) is 0 Å². The van der Waals surface area contributed by atoms with Gasteiger partial charge in [0.05, 0.1) is 6.20 Å². The number of halogens is 1. The third kappa shape index (κ3) is 3.51. The van der Waals surface area contributed by atoms with Gasteiger partial charge in [0.15, 0.2) is 0 Å². The van der Waals surface area contributed by atoms with E-state index < -0.39 is 0 Å². The zero-order chi connectivity index (χ0) is 10.6. The van der Waals surface area contributed by atoms with E-state index in [0.29, 0.717) is 6.61 Å². The standard InChI is InChI=1S/C12H16N2O.ClH/c1-13-12(6-7-12)5-3-9-15-11-4-2-8-14-10-11;/h2-5,8,10,13H,6-7,9H2,1H3;1H/b5-3-;. The number of ether oxygens (including phenoxy) is 1. The molecule has 0 aromatic carbocycles. The van der Waals surface area contributed by atoms with Crippen LogP contribution in [-0.4, -0.2) is 24.2 Å². The molecular weight excluding hydrogens is 224 g/mol. The molecule has 0 bridgehead atoms. The van der Waals surface area contributed by atoms with E-state index >= 15 is 0 Å². The van der Waals surface area contributed by atoms with Crippen LogP contribution < -0.4 is 10.1 Å². The molecule has 0 amide bonds. The van der Waals surface area contributed by atoms with Gasteiger partial charge in [-0.3, -0.25) is 4.98 Å². The molecule has 0 spiro atoms. The summed E-state index contributed by atoms with van der Waals surface area (Å²) in [5.74, 6) is 0.816. The highest BCUT2D eigenvalue weighted by Crippen LogP contribution is 2.35. The third-order valence-electron chi connectivity index (χ3n) is 2.70. The highest BCUT2D eigenvalue weighted by Gasteiger charge is 2.37. The molecule has 0 aliphatic heterocycles. The maximum absolute atomic E-state index is 5.50. The molecule has 1 saturated carbocycles. The van der Waals surface area contributed by atoms with Crippen molar-refractivity contribution in [2.45, 2.75) is 18.4 Å². The number of hydrogen-bond acceptors (Lipinski definition) is 3. The van der Waals surface area contributed by atoms with E-state index in [1.165, 1.54) is 12.8 Å². The second kappa shape index (κ2) is 5.87. The van der Waals surface area contributed by atoms with E-state index in [2.05, 4.69) is 22.5 Å². The molecule has 1 aliphatic carbocycles. The summed E-state index contributed by atoms with van der Waals surface area (Å²) in [5, 5.41) is 3.30.